The van der Waals surface area contributed by atoms with Gasteiger partial charge in [0.1, 0.15) is 17.7 Å². The number of anilines is 1. The van der Waals surface area contributed by atoms with Crippen LogP contribution in [0.3, 0.4) is 0 Å². The summed E-state index contributed by atoms with van der Waals surface area (Å²) in [6.45, 7) is 2.48. The summed E-state index contributed by atoms with van der Waals surface area (Å²) < 4.78 is 6.95. The van der Waals surface area contributed by atoms with E-state index in [1.165, 1.54) is 22.0 Å². The van der Waals surface area contributed by atoms with Gasteiger partial charge in [0.05, 0.1) is 0 Å². The van der Waals surface area contributed by atoms with Crippen LogP contribution >= 0.6 is 11.3 Å². The molecule has 1 amide bonds. The highest BCUT2D eigenvalue weighted by molar-refractivity contribution is 7.15. The molecule has 1 saturated heterocycles. The third-order valence-electron chi connectivity index (χ3n) is 3.46. The summed E-state index contributed by atoms with van der Waals surface area (Å²) in [5, 5.41) is 11.9. The van der Waals surface area contributed by atoms with E-state index in [1.807, 2.05) is 0 Å². The maximum absolute atomic E-state index is 12.1. The predicted octanol–water partition coefficient (Wildman–Crippen LogP) is 1.50. The highest BCUT2D eigenvalue weighted by Gasteiger charge is 2.22. The molecule has 0 aromatic carbocycles. The monoisotopic (exact) mass is 320 g/mol. The lowest BCUT2D eigenvalue weighted by Gasteiger charge is -2.08. The van der Waals surface area contributed by atoms with E-state index in [9.17, 15) is 9.59 Å². The van der Waals surface area contributed by atoms with Crippen molar-refractivity contribution in [3.05, 3.63) is 39.3 Å². The molecule has 0 saturated carbocycles. The van der Waals surface area contributed by atoms with Crippen LogP contribution in [-0.2, 0) is 16.1 Å². The van der Waals surface area contributed by atoms with E-state index < -0.39 is 0 Å². The first-order chi connectivity index (χ1) is 10.6. The van der Waals surface area contributed by atoms with E-state index in [2.05, 4.69) is 15.5 Å². The number of aryl methyl sites for hydroxylation is 1. The molecule has 7 nitrogen and oxygen atoms in total. The third-order valence-corrected chi connectivity index (χ3v) is 4.39. The van der Waals surface area contributed by atoms with Gasteiger partial charge in [-0.15, -0.1) is 10.2 Å². The summed E-state index contributed by atoms with van der Waals surface area (Å²) >= 11 is 1.31. The molecule has 1 fully saturated rings. The molecule has 0 radical (unpaired) electrons. The molecule has 0 bridgehead atoms. The van der Waals surface area contributed by atoms with E-state index >= 15 is 0 Å². The van der Waals surface area contributed by atoms with Crippen LogP contribution in [0.4, 0.5) is 5.13 Å². The van der Waals surface area contributed by atoms with E-state index in [1.54, 1.807) is 19.1 Å². The normalized spacial score (nSPS) is 17.6. The van der Waals surface area contributed by atoms with Crippen molar-refractivity contribution in [3.63, 3.8) is 0 Å². The fraction of sp³-hybridized carbons (Fsp3) is 0.429. The van der Waals surface area contributed by atoms with Gasteiger partial charge in [-0.3, -0.25) is 14.9 Å². The van der Waals surface area contributed by atoms with Crippen LogP contribution in [-0.4, -0.2) is 27.3 Å². The molecule has 0 spiro atoms. The zero-order valence-corrected chi connectivity index (χ0v) is 12.9. The minimum absolute atomic E-state index is 0.0119. The molecule has 22 heavy (non-hydrogen) atoms. The number of aromatic nitrogens is 3. The van der Waals surface area contributed by atoms with Crippen LogP contribution in [0, 0.1) is 6.92 Å². The summed E-state index contributed by atoms with van der Waals surface area (Å²) in [4.78, 5) is 23.8. The topological polar surface area (TPSA) is 86.1 Å². The summed E-state index contributed by atoms with van der Waals surface area (Å²) in [6, 6.07) is 4.89. The molecule has 3 heterocycles. The van der Waals surface area contributed by atoms with Crippen molar-refractivity contribution >= 4 is 22.4 Å². The van der Waals surface area contributed by atoms with Gasteiger partial charge in [-0.05, 0) is 25.8 Å². The summed E-state index contributed by atoms with van der Waals surface area (Å²) in [6.07, 6.45) is 1.94. The number of ether oxygens (including phenoxy) is 1. The Morgan fingerprint density at radius 3 is 3.09 bits per heavy atom. The molecule has 0 aliphatic carbocycles. The van der Waals surface area contributed by atoms with E-state index in [-0.39, 0.29) is 24.1 Å². The maximum Gasteiger partial charge on any atom is 0.251 e. The van der Waals surface area contributed by atoms with Crippen molar-refractivity contribution < 1.29 is 9.53 Å². The van der Waals surface area contributed by atoms with Gasteiger partial charge in [-0.25, -0.2) is 0 Å². The lowest BCUT2D eigenvalue weighted by molar-refractivity contribution is -0.116. The molecule has 1 unspecified atom stereocenters. The Hall–Kier alpha value is -2.06. The van der Waals surface area contributed by atoms with Crippen LogP contribution in [0.25, 0.3) is 0 Å². The Labute approximate surface area is 131 Å². The van der Waals surface area contributed by atoms with Crippen molar-refractivity contribution in [1.82, 2.24) is 14.8 Å². The quantitative estimate of drug-likeness (QED) is 0.922. The molecule has 2 aromatic heterocycles. The maximum atomic E-state index is 12.1. The second-order valence-corrected chi connectivity index (χ2v) is 6.10. The fourth-order valence-corrected chi connectivity index (χ4v) is 3.16. The van der Waals surface area contributed by atoms with Gasteiger partial charge in [0.2, 0.25) is 11.0 Å². The van der Waals surface area contributed by atoms with Crippen LogP contribution in [0.15, 0.2) is 23.0 Å². The van der Waals surface area contributed by atoms with Gasteiger partial charge in [0, 0.05) is 18.4 Å². The molecule has 3 rings (SSSR count). The molecule has 1 aliphatic heterocycles. The summed E-state index contributed by atoms with van der Waals surface area (Å²) in [5.41, 5.74) is 0.535. The number of carbonyl (C=O) groups excluding carboxylic acids is 1. The van der Waals surface area contributed by atoms with Gasteiger partial charge in [-0.2, -0.15) is 0 Å². The SMILES string of the molecule is Cc1cccc(=O)n1CC(=O)Nc1nnc(C2CCCO2)s1. The lowest BCUT2D eigenvalue weighted by Crippen LogP contribution is -2.28. The van der Waals surface area contributed by atoms with E-state index in [0.717, 1.165) is 30.2 Å². The highest BCUT2D eigenvalue weighted by atomic mass is 32.1. The number of pyridine rings is 1. The van der Waals surface area contributed by atoms with Gasteiger partial charge in [0.25, 0.3) is 5.56 Å². The van der Waals surface area contributed by atoms with Gasteiger partial charge >= 0.3 is 0 Å². The smallest absolute Gasteiger partial charge is 0.251 e. The zero-order chi connectivity index (χ0) is 15.5. The van der Waals surface area contributed by atoms with Crippen molar-refractivity contribution in [1.29, 1.82) is 0 Å². The van der Waals surface area contributed by atoms with Crippen molar-refractivity contribution in [2.24, 2.45) is 0 Å². The zero-order valence-electron chi connectivity index (χ0n) is 12.1. The first-order valence-corrected chi connectivity index (χ1v) is 7.86. The summed E-state index contributed by atoms with van der Waals surface area (Å²) in [7, 11) is 0. The minimum Gasteiger partial charge on any atom is -0.371 e. The predicted molar refractivity (Wildman–Crippen MR) is 81.9 cm³/mol. The number of nitrogens with zero attached hydrogens (tertiary/aromatic N) is 3. The second kappa shape index (κ2) is 6.37. The average Bonchev–Trinajstić information content (AvgIpc) is 3.13. The number of hydrogen-bond acceptors (Lipinski definition) is 6. The lowest BCUT2D eigenvalue weighted by atomic mass is 10.2. The molecular weight excluding hydrogens is 304 g/mol. The number of hydrogen-bond donors (Lipinski definition) is 1. The Morgan fingerprint density at radius 2 is 2.36 bits per heavy atom. The highest BCUT2D eigenvalue weighted by Crippen LogP contribution is 2.31. The molecule has 2 aromatic rings. The molecule has 8 heteroatoms. The first-order valence-electron chi connectivity index (χ1n) is 7.05. The van der Waals surface area contributed by atoms with Crippen molar-refractivity contribution in [2.75, 3.05) is 11.9 Å². The van der Waals surface area contributed by atoms with E-state index in [0.29, 0.717) is 5.13 Å². The third kappa shape index (κ3) is 3.23. The Balaban J connectivity index is 1.66. The number of carbonyl (C=O) groups is 1. The molecule has 1 atom stereocenters. The molecular formula is C14H16N4O3S. The summed E-state index contributed by atoms with van der Waals surface area (Å²) in [5.74, 6) is -0.300. The molecule has 1 N–H and O–H groups in total. The van der Waals surface area contributed by atoms with Gasteiger partial charge in [0.15, 0.2) is 0 Å². The molecule has 1 aliphatic rings. The minimum atomic E-state index is -0.300. The Kier molecular flexibility index (Phi) is 4.30. The Morgan fingerprint density at radius 1 is 1.50 bits per heavy atom. The second-order valence-electron chi connectivity index (χ2n) is 5.09. The fourth-order valence-electron chi connectivity index (χ4n) is 2.32. The number of nitrogens with one attached hydrogen (secondary N) is 1. The van der Waals surface area contributed by atoms with Gasteiger partial charge < -0.3 is 9.30 Å². The average molecular weight is 320 g/mol. The number of rotatable bonds is 4. The van der Waals surface area contributed by atoms with E-state index in [4.69, 9.17) is 4.74 Å². The molecule has 116 valence electrons. The van der Waals surface area contributed by atoms with Crippen LogP contribution < -0.4 is 10.9 Å². The Bertz CT molecular complexity index is 734. The number of amides is 1. The van der Waals surface area contributed by atoms with Crippen molar-refractivity contribution in [3.8, 4) is 0 Å². The van der Waals surface area contributed by atoms with Crippen LogP contribution in [0.1, 0.15) is 29.6 Å². The first kappa shape index (κ1) is 14.9. The van der Waals surface area contributed by atoms with Crippen molar-refractivity contribution in [2.45, 2.75) is 32.4 Å². The standard InChI is InChI=1S/C14H16N4O3S/c1-9-4-2-6-12(20)18(9)8-11(19)15-14-17-16-13(22-14)10-5-3-7-21-10/h2,4,6,10H,3,5,7-8H2,1H3,(H,15,17,19). The van der Waals surface area contributed by atoms with Gasteiger partial charge in [-0.1, -0.05) is 17.4 Å². The largest absolute Gasteiger partial charge is 0.371 e. The van der Waals surface area contributed by atoms with Crippen LogP contribution in [0.5, 0.6) is 0 Å². The van der Waals surface area contributed by atoms with Crippen LogP contribution in [0.2, 0.25) is 0 Å².